The Balaban J connectivity index is 1.32. The van der Waals surface area contributed by atoms with Gasteiger partial charge in [0.25, 0.3) is 0 Å². The third kappa shape index (κ3) is 11.2. The maximum atomic E-state index is 13.1. The molecule has 8 nitrogen and oxygen atoms in total. The summed E-state index contributed by atoms with van der Waals surface area (Å²) in [7, 11) is 0. The monoisotopic (exact) mass is 828 g/mol. The fraction of sp³-hybridized carbons (Fsp3) is 0.143. The number of hydrogen-bond acceptors (Lipinski definition) is 5. The van der Waals surface area contributed by atoms with Crippen molar-refractivity contribution in [3.8, 4) is 22.3 Å². The Kier molecular flexibility index (Phi) is 14.3. The Morgan fingerprint density at radius 1 is 0.618 bits per heavy atom. The van der Waals surface area contributed by atoms with Crippen molar-refractivity contribution in [2.45, 2.75) is 35.7 Å². The van der Waals surface area contributed by atoms with Gasteiger partial charge in [-0.3, -0.25) is 9.59 Å². The minimum absolute atomic E-state index is 0.224. The minimum Gasteiger partial charge on any atom is -0.352 e. The lowest BCUT2D eigenvalue weighted by Crippen LogP contribution is -2.23. The number of rotatable bonds is 16. The van der Waals surface area contributed by atoms with E-state index < -0.39 is 0 Å². The van der Waals surface area contributed by atoms with E-state index in [9.17, 15) is 9.59 Å². The summed E-state index contributed by atoms with van der Waals surface area (Å²) in [4.78, 5) is 36.0. The van der Waals surface area contributed by atoms with Gasteiger partial charge in [-0.05, 0) is 83.6 Å². The molecule has 0 bridgehead atoms. The average Bonchev–Trinajstić information content (AvgIpc) is 3.89. The summed E-state index contributed by atoms with van der Waals surface area (Å²) >= 11 is 27.5. The van der Waals surface area contributed by atoms with Gasteiger partial charge in [0, 0.05) is 104 Å². The first-order valence-corrected chi connectivity index (χ1v) is 19.8. The zero-order valence-electron chi connectivity index (χ0n) is 29.5. The molecule has 6 rings (SSSR count). The molecular formula is C42H36Cl4N6O2S. The molecule has 0 radical (unpaired) electrons. The third-order valence-electron chi connectivity index (χ3n) is 8.50. The van der Waals surface area contributed by atoms with Gasteiger partial charge < -0.3 is 19.8 Å². The molecule has 0 fully saturated rings. The highest BCUT2D eigenvalue weighted by molar-refractivity contribution is 7.99. The molecule has 0 saturated carbocycles. The number of hydrogen-bond donors (Lipinski definition) is 2. The van der Waals surface area contributed by atoms with Gasteiger partial charge in [-0.25, -0.2) is 9.97 Å². The molecule has 2 aromatic heterocycles. The molecule has 13 heteroatoms. The van der Waals surface area contributed by atoms with Gasteiger partial charge in [-0.15, -0.1) is 0 Å². The van der Waals surface area contributed by atoms with E-state index >= 15 is 0 Å². The maximum Gasteiger partial charge on any atom is 0.244 e. The van der Waals surface area contributed by atoms with Gasteiger partial charge >= 0.3 is 0 Å². The quantitative estimate of drug-likeness (QED) is 0.0749. The molecule has 2 amide bonds. The highest BCUT2D eigenvalue weighted by Crippen LogP contribution is 2.43. The number of benzene rings is 4. The number of carbonyl (C=O) groups excluding carboxylic acids is 2. The van der Waals surface area contributed by atoms with Gasteiger partial charge in [0.05, 0.1) is 12.7 Å². The summed E-state index contributed by atoms with van der Waals surface area (Å²) in [5.41, 5.74) is 4.73. The van der Waals surface area contributed by atoms with Crippen LogP contribution in [0.2, 0.25) is 20.1 Å². The molecule has 0 aliphatic rings. The lowest BCUT2D eigenvalue weighted by Gasteiger charge is -2.17. The normalized spacial score (nSPS) is 11.4. The van der Waals surface area contributed by atoms with E-state index in [2.05, 4.69) is 20.6 Å². The number of imidazole rings is 2. The number of amides is 2. The predicted molar refractivity (Wildman–Crippen MR) is 226 cm³/mol. The number of nitrogens with zero attached hydrogens (tertiary/aromatic N) is 4. The second-order valence-electron chi connectivity index (χ2n) is 12.3. The van der Waals surface area contributed by atoms with Crippen LogP contribution in [0.4, 0.5) is 0 Å². The van der Waals surface area contributed by atoms with Gasteiger partial charge in [-0.1, -0.05) is 94.6 Å². The number of nitrogens with one attached hydrogen (secondary N) is 2. The van der Waals surface area contributed by atoms with E-state index in [-0.39, 0.29) is 11.8 Å². The van der Waals surface area contributed by atoms with Crippen molar-refractivity contribution in [3.05, 3.63) is 154 Å². The second-order valence-corrected chi connectivity index (χ2v) is 15.1. The molecule has 2 heterocycles. The molecule has 0 aliphatic carbocycles. The fourth-order valence-corrected chi connectivity index (χ4v) is 7.96. The first kappa shape index (κ1) is 39.9. The van der Waals surface area contributed by atoms with Crippen LogP contribution in [0.5, 0.6) is 0 Å². The van der Waals surface area contributed by atoms with E-state index in [0.29, 0.717) is 33.2 Å². The summed E-state index contributed by atoms with van der Waals surface area (Å²) in [5, 5.41) is 7.94. The van der Waals surface area contributed by atoms with Gasteiger partial charge in [0.15, 0.2) is 0 Å². The number of aromatic nitrogens is 4. The van der Waals surface area contributed by atoms with E-state index in [1.807, 2.05) is 70.1 Å². The third-order valence-corrected chi connectivity index (χ3v) is 10.7. The summed E-state index contributed by atoms with van der Waals surface area (Å²) in [6.07, 6.45) is 18.9. The molecule has 280 valence electrons. The Hall–Kier alpha value is -4.77. The number of carbonyl (C=O) groups is 2. The van der Waals surface area contributed by atoms with Gasteiger partial charge in [0.1, 0.15) is 0 Å². The molecule has 55 heavy (non-hydrogen) atoms. The molecule has 2 N–H and O–H groups in total. The lowest BCUT2D eigenvalue weighted by molar-refractivity contribution is -0.117. The van der Waals surface area contributed by atoms with Crippen molar-refractivity contribution in [1.82, 2.24) is 29.7 Å². The molecule has 0 spiro atoms. The van der Waals surface area contributed by atoms with Crippen LogP contribution < -0.4 is 10.6 Å². The van der Waals surface area contributed by atoms with Crippen LogP contribution in [-0.2, 0) is 22.7 Å². The maximum absolute atomic E-state index is 13.1. The zero-order chi connectivity index (χ0) is 38.6. The smallest absolute Gasteiger partial charge is 0.244 e. The molecule has 0 aliphatic heterocycles. The van der Waals surface area contributed by atoms with Crippen molar-refractivity contribution < 1.29 is 9.59 Å². The van der Waals surface area contributed by atoms with Crippen LogP contribution in [0.25, 0.3) is 34.4 Å². The summed E-state index contributed by atoms with van der Waals surface area (Å²) in [5.74, 6) is -0.449. The van der Waals surface area contributed by atoms with Crippen LogP contribution in [0.3, 0.4) is 0 Å². The lowest BCUT2D eigenvalue weighted by atomic mass is 9.99. The zero-order valence-corrected chi connectivity index (χ0v) is 33.3. The number of aryl methyl sites for hydroxylation is 2. The molecule has 6 aromatic rings. The van der Waals surface area contributed by atoms with Crippen molar-refractivity contribution in [1.29, 1.82) is 0 Å². The molecule has 4 aromatic carbocycles. The standard InChI is InChI=1S/C42H36Cl4N6O2S/c43-29-9-11-33(37(45)25-29)31-5-1-7-39(35(31)13-15-41(53)49-17-3-21-51-23-19-47-27-51)55-40-8-2-6-32(34-12-10-30(44)26-38(34)46)36(40)14-16-42(54)50-18-4-22-52-24-20-48-28-52/h1-2,5-16,19-20,23-28H,3-4,17-18,21-22H2,(H,49,53)(H,50,54). The van der Waals surface area contributed by atoms with Crippen LogP contribution in [-0.4, -0.2) is 44.0 Å². The topological polar surface area (TPSA) is 93.8 Å². The average molecular weight is 831 g/mol. The summed E-state index contributed by atoms with van der Waals surface area (Å²) in [6.45, 7) is 2.49. The van der Waals surface area contributed by atoms with Gasteiger partial charge in [-0.2, -0.15) is 0 Å². The first-order chi connectivity index (χ1) is 26.7. The van der Waals surface area contributed by atoms with E-state index in [0.717, 1.165) is 69.1 Å². The molecule has 0 unspecified atom stereocenters. The van der Waals surface area contributed by atoms with Crippen LogP contribution in [0.15, 0.2) is 132 Å². The van der Waals surface area contributed by atoms with Gasteiger partial charge in [0.2, 0.25) is 11.8 Å². The van der Waals surface area contributed by atoms with Crippen molar-refractivity contribution >= 4 is 82.1 Å². The van der Waals surface area contributed by atoms with Crippen LogP contribution >= 0.6 is 58.2 Å². The molecule has 0 saturated heterocycles. The Morgan fingerprint density at radius 2 is 1.07 bits per heavy atom. The SMILES string of the molecule is O=C(C=Cc1c(Sc2cccc(-c3ccc(Cl)cc3Cl)c2C=CC(=O)NCCCn2ccnc2)cccc1-c1ccc(Cl)cc1Cl)NCCCn1ccnc1. The predicted octanol–water partition coefficient (Wildman–Crippen LogP) is 10.6. The summed E-state index contributed by atoms with van der Waals surface area (Å²) in [6, 6.07) is 22.5. The Labute approximate surface area is 344 Å². The van der Waals surface area contributed by atoms with Crippen LogP contribution in [0, 0.1) is 0 Å². The van der Waals surface area contributed by atoms with E-state index in [1.165, 1.54) is 23.9 Å². The van der Waals surface area contributed by atoms with Crippen LogP contribution in [0.1, 0.15) is 24.0 Å². The fourth-order valence-electron chi connectivity index (χ4n) is 5.83. The number of halogens is 4. The van der Waals surface area contributed by atoms with Crippen molar-refractivity contribution in [2.24, 2.45) is 0 Å². The first-order valence-electron chi connectivity index (χ1n) is 17.4. The Morgan fingerprint density at radius 3 is 1.47 bits per heavy atom. The largest absolute Gasteiger partial charge is 0.352 e. The van der Waals surface area contributed by atoms with E-state index in [1.54, 1.807) is 61.5 Å². The highest BCUT2D eigenvalue weighted by atomic mass is 35.5. The second kappa shape index (κ2) is 19.7. The van der Waals surface area contributed by atoms with E-state index in [4.69, 9.17) is 46.4 Å². The summed E-state index contributed by atoms with van der Waals surface area (Å²) < 4.78 is 3.93. The van der Waals surface area contributed by atoms with Crippen molar-refractivity contribution in [2.75, 3.05) is 13.1 Å². The highest BCUT2D eigenvalue weighted by Gasteiger charge is 2.17. The van der Waals surface area contributed by atoms with Crippen molar-refractivity contribution in [3.63, 3.8) is 0 Å². The molecular weight excluding hydrogens is 794 g/mol. The molecule has 0 atom stereocenters. The Bertz CT molecular complexity index is 2150. The minimum atomic E-state index is -0.224.